The summed E-state index contributed by atoms with van der Waals surface area (Å²) < 4.78 is 0. The summed E-state index contributed by atoms with van der Waals surface area (Å²) >= 11 is 0. The lowest BCUT2D eigenvalue weighted by Gasteiger charge is -2.29. The van der Waals surface area contributed by atoms with Crippen LogP contribution >= 0.6 is 0 Å². The van der Waals surface area contributed by atoms with E-state index in [0.717, 1.165) is 16.5 Å². The van der Waals surface area contributed by atoms with Gasteiger partial charge in [-0.3, -0.25) is 4.98 Å². The number of nitrogens with zero attached hydrogens (tertiary/aromatic N) is 1. The van der Waals surface area contributed by atoms with Crippen LogP contribution in [0.4, 0.5) is 0 Å². The minimum atomic E-state index is -0.322. The lowest BCUT2D eigenvalue weighted by Crippen LogP contribution is -2.38. The van der Waals surface area contributed by atoms with E-state index in [1.165, 1.54) is 0 Å². The van der Waals surface area contributed by atoms with Gasteiger partial charge in [0, 0.05) is 17.1 Å². The fourth-order valence-corrected chi connectivity index (χ4v) is 1.70. The van der Waals surface area contributed by atoms with Crippen molar-refractivity contribution in [3.8, 4) is 0 Å². The second-order valence-corrected chi connectivity index (χ2v) is 4.85. The van der Waals surface area contributed by atoms with E-state index in [9.17, 15) is 0 Å². The summed E-state index contributed by atoms with van der Waals surface area (Å²) in [6.07, 6.45) is 1.89. The number of rotatable bonds is 2. The Balaban J connectivity index is 2.55. The van der Waals surface area contributed by atoms with Crippen LogP contribution in [-0.4, -0.2) is 4.98 Å². The summed E-state index contributed by atoms with van der Waals surface area (Å²) in [6.45, 7) is 6.33. The zero-order valence-corrected chi connectivity index (χ0v) is 10.1. The molecule has 2 heteroatoms. The van der Waals surface area contributed by atoms with Gasteiger partial charge in [-0.2, -0.15) is 0 Å². The smallest absolute Gasteiger partial charge is 0.0702 e. The SMILES string of the molecule is CC(C)C(C)(N)c1cnc2ccccc2c1. The van der Waals surface area contributed by atoms with Gasteiger partial charge in [-0.15, -0.1) is 0 Å². The van der Waals surface area contributed by atoms with Crippen LogP contribution in [0.2, 0.25) is 0 Å². The van der Waals surface area contributed by atoms with Crippen LogP contribution in [0.1, 0.15) is 26.3 Å². The minimum absolute atomic E-state index is 0.322. The zero-order chi connectivity index (χ0) is 11.8. The molecule has 1 aromatic heterocycles. The van der Waals surface area contributed by atoms with Crippen molar-refractivity contribution in [2.24, 2.45) is 11.7 Å². The van der Waals surface area contributed by atoms with Crippen LogP contribution in [0.25, 0.3) is 10.9 Å². The summed E-state index contributed by atoms with van der Waals surface area (Å²) in [7, 11) is 0. The van der Waals surface area contributed by atoms with Gasteiger partial charge < -0.3 is 5.73 Å². The summed E-state index contributed by atoms with van der Waals surface area (Å²) in [5.74, 6) is 0.385. The molecule has 1 atom stereocenters. The minimum Gasteiger partial charge on any atom is -0.321 e. The highest BCUT2D eigenvalue weighted by Crippen LogP contribution is 2.27. The number of nitrogens with two attached hydrogens (primary N) is 1. The largest absolute Gasteiger partial charge is 0.321 e. The Bertz CT molecular complexity index is 501. The van der Waals surface area contributed by atoms with Crippen molar-refractivity contribution in [1.29, 1.82) is 0 Å². The van der Waals surface area contributed by atoms with Crippen molar-refractivity contribution in [2.75, 3.05) is 0 Å². The van der Waals surface area contributed by atoms with Crippen LogP contribution in [0.15, 0.2) is 36.5 Å². The lowest BCUT2D eigenvalue weighted by molar-refractivity contribution is 0.350. The molecular formula is C14H18N2. The van der Waals surface area contributed by atoms with E-state index in [0.29, 0.717) is 5.92 Å². The summed E-state index contributed by atoms with van der Waals surface area (Å²) in [5, 5.41) is 1.15. The molecular weight excluding hydrogens is 196 g/mol. The molecule has 0 amide bonds. The van der Waals surface area contributed by atoms with Gasteiger partial charge >= 0.3 is 0 Å². The van der Waals surface area contributed by atoms with Crippen molar-refractivity contribution in [1.82, 2.24) is 4.98 Å². The number of fused-ring (bicyclic) bond motifs is 1. The molecule has 0 saturated carbocycles. The molecule has 2 aromatic rings. The van der Waals surface area contributed by atoms with Crippen molar-refractivity contribution in [2.45, 2.75) is 26.3 Å². The molecule has 2 rings (SSSR count). The highest BCUT2D eigenvalue weighted by Gasteiger charge is 2.25. The molecule has 0 bridgehead atoms. The third-order valence-electron chi connectivity index (χ3n) is 3.41. The summed E-state index contributed by atoms with van der Waals surface area (Å²) in [6, 6.07) is 10.3. The average molecular weight is 214 g/mol. The predicted molar refractivity (Wildman–Crippen MR) is 68.1 cm³/mol. The highest BCUT2D eigenvalue weighted by atomic mass is 14.8. The maximum absolute atomic E-state index is 6.33. The van der Waals surface area contributed by atoms with Gasteiger partial charge in [0.25, 0.3) is 0 Å². The van der Waals surface area contributed by atoms with E-state index in [2.05, 4.69) is 37.9 Å². The molecule has 16 heavy (non-hydrogen) atoms. The first-order chi connectivity index (χ1) is 7.51. The molecule has 0 aliphatic rings. The number of pyridine rings is 1. The molecule has 0 spiro atoms. The zero-order valence-electron chi connectivity index (χ0n) is 10.1. The number of hydrogen-bond acceptors (Lipinski definition) is 2. The van der Waals surface area contributed by atoms with Gasteiger partial charge in [0.1, 0.15) is 0 Å². The molecule has 0 saturated heterocycles. The highest BCUT2D eigenvalue weighted by molar-refractivity contribution is 5.78. The first-order valence-corrected chi connectivity index (χ1v) is 5.66. The summed E-state index contributed by atoms with van der Waals surface area (Å²) in [5.41, 5.74) is 8.13. The van der Waals surface area contributed by atoms with Gasteiger partial charge in [0.2, 0.25) is 0 Å². The monoisotopic (exact) mass is 214 g/mol. The topological polar surface area (TPSA) is 38.9 Å². The second kappa shape index (κ2) is 3.87. The van der Waals surface area contributed by atoms with E-state index in [1.54, 1.807) is 0 Å². The Morgan fingerprint density at radius 2 is 1.94 bits per heavy atom. The van der Waals surface area contributed by atoms with E-state index in [1.807, 2.05) is 24.4 Å². The maximum Gasteiger partial charge on any atom is 0.0702 e. The Morgan fingerprint density at radius 1 is 1.25 bits per heavy atom. The Morgan fingerprint density at radius 3 is 2.62 bits per heavy atom. The molecule has 0 radical (unpaired) electrons. The third-order valence-corrected chi connectivity index (χ3v) is 3.41. The van der Waals surface area contributed by atoms with Crippen molar-refractivity contribution in [3.63, 3.8) is 0 Å². The molecule has 1 aromatic carbocycles. The first kappa shape index (κ1) is 11.1. The number of para-hydroxylation sites is 1. The molecule has 84 valence electrons. The summed E-state index contributed by atoms with van der Waals surface area (Å²) in [4.78, 5) is 4.45. The fraction of sp³-hybridized carbons (Fsp3) is 0.357. The van der Waals surface area contributed by atoms with Gasteiger partial charge in [-0.25, -0.2) is 0 Å². The van der Waals surface area contributed by atoms with Crippen LogP contribution in [0.5, 0.6) is 0 Å². The van der Waals surface area contributed by atoms with Gasteiger partial charge in [0.15, 0.2) is 0 Å². The maximum atomic E-state index is 6.33. The molecule has 0 aliphatic heterocycles. The normalized spacial score (nSPS) is 15.3. The van der Waals surface area contributed by atoms with Crippen LogP contribution in [0.3, 0.4) is 0 Å². The Hall–Kier alpha value is -1.41. The first-order valence-electron chi connectivity index (χ1n) is 5.66. The fourth-order valence-electron chi connectivity index (χ4n) is 1.70. The molecule has 1 unspecified atom stereocenters. The second-order valence-electron chi connectivity index (χ2n) is 4.85. The Kier molecular flexibility index (Phi) is 2.68. The van der Waals surface area contributed by atoms with E-state index in [-0.39, 0.29) is 5.54 Å². The van der Waals surface area contributed by atoms with E-state index < -0.39 is 0 Å². The molecule has 2 N–H and O–H groups in total. The van der Waals surface area contributed by atoms with E-state index in [4.69, 9.17) is 5.73 Å². The lowest BCUT2D eigenvalue weighted by atomic mass is 9.83. The average Bonchev–Trinajstić information content (AvgIpc) is 2.28. The van der Waals surface area contributed by atoms with Crippen molar-refractivity contribution < 1.29 is 0 Å². The molecule has 0 aliphatic carbocycles. The molecule has 2 nitrogen and oxygen atoms in total. The van der Waals surface area contributed by atoms with Gasteiger partial charge in [-0.05, 0) is 30.5 Å². The predicted octanol–water partition coefficient (Wildman–Crippen LogP) is 3.06. The number of aromatic nitrogens is 1. The van der Waals surface area contributed by atoms with Crippen LogP contribution < -0.4 is 5.73 Å². The standard InChI is InChI=1S/C14H18N2/c1-10(2)14(3,15)12-8-11-6-4-5-7-13(11)16-9-12/h4-10H,15H2,1-3H3. The van der Waals surface area contributed by atoms with Crippen molar-refractivity contribution in [3.05, 3.63) is 42.1 Å². The van der Waals surface area contributed by atoms with Crippen LogP contribution in [-0.2, 0) is 5.54 Å². The number of hydrogen-bond donors (Lipinski definition) is 1. The van der Waals surface area contributed by atoms with Crippen LogP contribution in [0, 0.1) is 5.92 Å². The number of benzene rings is 1. The van der Waals surface area contributed by atoms with Crippen molar-refractivity contribution >= 4 is 10.9 Å². The molecule has 0 fully saturated rings. The van der Waals surface area contributed by atoms with Gasteiger partial charge in [-0.1, -0.05) is 32.0 Å². The van der Waals surface area contributed by atoms with E-state index >= 15 is 0 Å². The third kappa shape index (κ3) is 1.81. The van der Waals surface area contributed by atoms with Gasteiger partial charge in [0.05, 0.1) is 5.52 Å². The Labute approximate surface area is 96.5 Å². The quantitative estimate of drug-likeness (QED) is 0.834. The molecule has 1 heterocycles.